The number of nitrogens with zero attached hydrogens (tertiary/aromatic N) is 1. The number of aliphatic hydroxyl groups excluding tert-OH is 1. The molecule has 1 heterocycles. The van der Waals surface area contributed by atoms with Gasteiger partial charge in [0.25, 0.3) is 5.91 Å². The van der Waals surface area contributed by atoms with Crippen LogP contribution in [0.5, 0.6) is 5.75 Å². The predicted molar refractivity (Wildman–Crippen MR) is 84.1 cm³/mol. The van der Waals surface area contributed by atoms with Gasteiger partial charge in [-0.05, 0) is 44.7 Å². The number of carbonyl (C=O) groups is 2. The molecule has 2 fully saturated rings. The summed E-state index contributed by atoms with van der Waals surface area (Å²) in [5.74, 6) is 0.610. The number of hydrogen-bond donors (Lipinski definition) is 2. The van der Waals surface area contributed by atoms with E-state index in [0.717, 1.165) is 23.3 Å². The molecule has 1 saturated heterocycles. The minimum absolute atomic E-state index is 0.0280. The number of carbonyl (C=O) groups excluding carboxylic acids is 2. The minimum Gasteiger partial charge on any atom is -0.491 e. The Balaban J connectivity index is 1.55. The number of benzene rings is 1. The molecule has 6 nitrogen and oxygen atoms in total. The van der Waals surface area contributed by atoms with E-state index in [-0.39, 0.29) is 25.0 Å². The molecule has 3 amide bonds. The normalized spacial score (nSPS) is 25.4. The van der Waals surface area contributed by atoms with Crippen LogP contribution >= 0.6 is 0 Å². The fourth-order valence-corrected chi connectivity index (χ4v) is 2.91. The molecule has 1 aliphatic heterocycles. The number of hydrogen-bond acceptors (Lipinski definition) is 4. The van der Waals surface area contributed by atoms with Crippen LogP contribution < -0.4 is 10.1 Å². The largest absolute Gasteiger partial charge is 0.491 e. The first-order valence-electron chi connectivity index (χ1n) is 7.92. The zero-order chi connectivity index (χ0) is 16.6. The number of amides is 3. The van der Waals surface area contributed by atoms with Gasteiger partial charge in [0.2, 0.25) is 0 Å². The lowest BCUT2D eigenvalue weighted by atomic mass is 9.96. The Labute approximate surface area is 135 Å². The second-order valence-electron chi connectivity index (χ2n) is 6.60. The van der Waals surface area contributed by atoms with Crippen molar-refractivity contribution in [3.63, 3.8) is 0 Å². The van der Waals surface area contributed by atoms with Crippen LogP contribution in [0.1, 0.15) is 25.3 Å². The van der Waals surface area contributed by atoms with Crippen LogP contribution in [0.15, 0.2) is 24.3 Å². The van der Waals surface area contributed by atoms with Gasteiger partial charge in [-0.3, -0.25) is 9.69 Å². The lowest BCUT2D eigenvalue weighted by molar-refractivity contribution is -0.132. The average molecular weight is 318 g/mol. The molecule has 124 valence electrons. The number of imide groups is 1. The Kier molecular flexibility index (Phi) is 4.02. The number of rotatable bonds is 6. The number of urea groups is 1. The summed E-state index contributed by atoms with van der Waals surface area (Å²) >= 11 is 0. The molecule has 2 aliphatic rings. The Morgan fingerprint density at radius 2 is 2.00 bits per heavy atom. The van der Waals surface area contributed by atoms with Crippen molar-refractivity contribution in [1.29, 1.82) is 0 Å². The summed E-state index contributed by atoms with van der Waals surface area (Å²) in [6.07, 6.45) is 0.984. The maximum Gasteiger partial charge on any atom is 0.325 e. The third-order valence-corrected chi connectivity index (χ3v) is 4.55. The lowest BCUT2D eigenvalue weighted by Gasteiger charge is -2.22. The van der Waals surface area contributed by atoms with Gasteiger partial charge in [-0.15, -0.1) is 0 Å². The molecule has 1 saturated carbocycles. The summed E-state index contributed by atoms with van der Waals surface area (Å²) in [7, 11) is 0. The van der Waals surface area contributed by atoms with Gasteiger partial charge in [0, 0.05) is 0 Å². The molecule has 0 unspecified atom stereocenters. The summed E-state index contributed by atoms with van der Waals surface area (Å²) in [6.45, 7) is 3.71. The maximum atomic E-state index is 12.5. The first kappa shape index (κ1) is 15.8. The van der Waals surface area contributed by atoms with Crippen molar-refractivity contribution in [2.45, 2.75) is 38.3 Å². The van der Waals surface area contributed by atoms with Gasteiger partial charge in [0.05, 0.1) is 6.54 Å². The molecule has 0 aromatic heterocycles. The smallest absolute Gasteiger partial charge is 0.325 e. The summed E-state index contributed by atoms with van der Waals surface area (Å²) in [6, 6.07) is 7.04. The monoisotopic (exact) mass is 318 g/mol. The average Bonchev–Trinajstić information content (AvgIpc) is 3.33. The zero-order valence-corrected chi connectivity index (χ0v) is 13.4. The third kappa shape index (κ3) is 3.17. The van der Waals surface area contributed by atoms with E-state index in [0.29, 0.717) is 5.75 Å². The number of aliphatic hydroxyl groups is 1. The second kappa shape index (κ2) is 5.85. The van der Waals surface area contributed by atoms with Gasteiger partial charge >= 0.3 is 6.03 Å². The fourth-order valence-electron chi connectivity index (χ4n) is 2.91. The van der Waals surface area contributed by atoms with Crippen molar-refractivity contribution < 1.29 is 19.4 Å². The molecule has 3 rings (SSSR count). The van der Waals surface area contributed by atoms with E-state index in [4.69, 9.17) is 4.74 Å². The first-order valence-corrected chi connectivity index (χ1v) is 7.92. The second-order valence-corrected chi connectivity index (χ2v) is 6.60. The van der Waals surface area contributed by atoms with Gasteiger partial charge in [-0.25, -0.2) is 4.79 Å². The molecule has 0 bridgehead atoms. The van der Waals surface area contributed by atoms with Gasteiger partial charge in [0.1, 0.15) is 24.0 Å². The number of nitrogens with one attached hydrogen (secondary N) is 1. The van der Waals surface area contributed by atoms with Gasteiger partial charge < -0.3 is 15.2 Å². The fraction of sp³-hybridized carbons (Fsp3) is 0.529. The Bertz CT molecular complexity index is 612. The number of β-amino-alcohol motifs (C(OH)–C–C–N with tert-alkyl or cyclic N) is 1. The van der Waals surface area contributed by atoms with Crippen LogP contribution in [0.4, 0.5) is 4.79 Å². The molecule has 0 radical (unpaired) electrons. The molecule has 1 aromatic rings. The Hall–Kier alpha value is -2.08. The van der Waals surface area contributed by atoms with Crippen LogP contribution in [0, 0.1) is 12.8 Å². The highest BCUT2D eigenvalue weighted by molar-refractivity contribution is 6.07. The Morgan fingerprint density at radius 3 is 2.61 bits per heavy atom. The van der Waals surface area contributed by atoms with Gasteiger partial charge in [-0.2, -0.15) is 0 Å². The van der Waals surface area contributed by atoms with Crippen LogP contribution in [0.3, 0.4) is 0 Å². The van der Waals surface area contributed by atoms with E-state index in [2.05, 4.69) is 5.32 Å². The SMILES string of the molecule is Cc1ccc(OC[C@@H](O)CN2C(=O)N[C@@](C)(C3CC3)C2=O)cc1. The van der Waals surface area contributed by atoms with Crippen LogP contribution in [0.2, 0.25) is 0 Å². The summed E-state index contributed by atoms with van der Waals surface area (Å²) in [5.41, 5.74) is 0.311. The third-order valence-electron chi connectivity index (χ3n) is 4.55. The van der Waals surface area contributed by atoms with Crippen molar-refractivity contribution in [2.24, 2.45) is 5.92 Å². The highest BCUT2D eigenvalue weighted by Gasteiger charge is 2.56. The van der Waals surface area contributed by atoms with E-state index >= 15 is 0 Å². The van der Waals surface area contributed by atoms with Crippen molar-refractivity contribution >= 4 is 11.9 Å². The van der Waals surface area contributed by atoms with Crippen molar-refractivity contribution in [3.8, 4) is 5.75 Å². The molecule has 6 heteroatoms. The van der Waals surface area contributed by atoms with Crippen molar-refractivity contribution in [3.05, 3.63) is 29.8 Å². The van der Waals surface area contributed by atoms with Crippen molar-refractivity contribution in [2.75, 3.05) is 13.2 Å². The molecular formula is C17H22N2O4. The summed E-state index contributed by atoms with van der Waals surface area (Å²) < 4.78 is 5.50. The lowest BCUT2D eigenvalue weighted by Crippen LogP contribution is -2.46. The van der Waals surface area contributed by atoms with E-state index in [1.54, 1.807) is 6.92 Å². The molecule has 23 heavy (non-hydrogen) atoms. The van der Waals surface area contributed by atoms with Crippen LogP contribution in [-0.2, 0) is 4.79 Å². The van der Waals surface area contributed by atoms with E-state index in [9.17, 15) is 14.7 Å². The summed E-state index contributed by atoms with van der Waals surface area (Å²) in [4.78, 5) is 25.6. The zero-order valence-electron chi connectivity index (χ0n) is 13.4. The number of ether oxygens (including phenoxy) is 1. The standard InChI is InChI=1S/C17H22N2O4/c1-11-3-7-14(8-4-11)23-10-13(20)9-19-15(21)17(2,12-5-6-12)18-16(19)22/h3-4,7-8,12-13,20H,5-6,9-10H2,1-2H3,(H,18,22)/t13-,17-/m0/s1. The topological polar surface area (TPSA) is 78.9 Å². The number of aryl methyl sites for hydroxylation is 1. The molecule has 2 atom stereocenters. The van der Waals surface area contributed by atoms with Gasteiger partial charge in [-0.1, -0.05) is 17.7 Å². The van der Waals surface area contributed by atoms with Crippen LogP contribution in [-0.4, -0.2) is 46.7 Å². The Morgan fingerprint density at radius 1 is 1.35 bits per heavy atom. The molecule has 1 aromatic carbocycles. The molecule has 2 N–H and O–H groups in total. The highest BCUT2D eigenvalue weighted by atomic mass is 16.5. The predicted octanol–water partition coefficient (Wildman–Crippen LogP) is 1.46. The molecular weight excluding hydrogens is 296 g/mol. The maximum absolute atomic E-state index is 12.5. The van der Waals surface area contributed by atoms with Crippen molar-refractivity contribution in [1.82, 2.24) is 10.2 Å². The first-order chi connectivity index (χ1) is 10.9. The van der Waals surface area contributed by atoms with E-state index in [1.165, 1.54) is 0 Å². The molecule has 1 aliphatic carbocycles. The van der Waals surface area contributed by atoms with E-state index in [1.807, 2.05) is 31.2 Å². The van der Waals surface area contributed by atoms with E-state index < -0.39 is 17.7 Å². The van der Waals surface area contributed by atoms with Gasteiger partial charge in [0.15, 0.2) is 0 Å². The summed E-state index contributed by atoms with van der Waals surface area (Å²) in [5, 5.41) is 12.8. The highest BCUT2D eigenvalue weighted by Crippen LogP contribution is 2.42. The molecule has 0 spiro atoms. The van der Waals surface area contributed by atoms with Crippen LogP contribution in [0.25, 0.3) is 0 Å². The minimum atomic E-state index is -0.924. The quantitative estimate of drug-likeness (QED) is 0.778.